The zero-order valence-electron chi connectivity index (χ0n) is 12.8. The van der Waals surface area contributed by atoms with Gasteiger partial charge in [-0.05, 0) is 24.0 Å². The summed E-state index contributed by atoms with van der Waals surface area (Å²) in [6, 6.07) is 3.22. The molecule has 1 N–H and O–H groups in total. The van der Waals surface area contributed by atoms with Crippen LogP contribution in [-0.4, -0.2) is 35.1 Å². The number of nitrogens with one attached hydrogen (secondary N) is 1. The molecule has 1 saturated heterocycles. The van der Waals surface area contributed by atoms with Crippen LogP contribution in [-0.2, 0) is 6.54 Å². The summed E-state index contributed by atoms with van der Waals surface area (Å²) in [4.78, 5) is 6.67. The zero-order valence-corrected chi connectivity index (χ0v) is 13.5. The van der Waals surface area contributed by atoms with Gasteiger partial charge in [-0.3, -0.25) is 9.88 Å². The van der Waals surface area contributed by atoms with Crippen molar-refractivity contribution in [3.05, 3.63) is 29.0 Å². The fourth-order valence-electron chi connectivity index (χ4n) is 2.94. The van der Waals surface area contributed by atoms with E-state index in [1.165, 1.54) is 18.4 Å². The Morgan fingerprint density at radius 1 is 1.50 bits per heavy atom. The van der Waals surface area contributed by atoms with Crippen LogP contribution in [0, 0.1) is 5.92 Å². The number of piperazine rings is 1. The molecule has 4 heteroatoms. The largest absolute Gasteiger partial charge is 0.311 e. The summed E-state index contributed by atoms with van der Waals surface area (Å²) in [6.45, 7) is 9.97. The predicted octanol–water partition coefficient (Wildman–Crippen LogP) is 3.33. The van der Waals surface area contributed by atoms with Gasteiger partial charge in [0.2, 0.25) is 0 Å². The van der Waals surface area contributed by atoms with Crippen LogP contribution in [0.2, 0.25) is 5.02 Å². The van der Waals surface area contributed by atoms with Gasteiger partial charge < -0.3 is 5.32 Å². The Hall–Kier alpha value is -0.640. The Kier molecular flexibility index (Phi) is 5.82. The molecule has 1 aromatic heterocycles. The van der Waals surface area contributed by atoms with Crippen LogP contribution in [0.1, 0.15) is 39.2 Å². The molecule has 112 valence electrons. The first-order chi connectivity index (χ1) is 9.65. The number of halogens is 1. The normalized spacial score (nSPS) is 25.6. The Morgan fingerprint density at radius 2 is 2.30 bits per heavy atom. The molecule has 1 aromatic rings. The van der Waals surface area contributed by atoms with Crippen LogP contribution in [0.3, 0.4) is 0 Å². The SMILES string of the molecule is CCC1CN(Cc2ccncc2Cl)C(C(C)CC)CN1. The average molecular weight is 296 g/mol. The predicted molar refractivity (Wildman–Crippen MR) is 85.0 cm³/mol. The van der Waals surface area contributed by atoms with E-state index in [0.717, 1.165) is 24.7 Å². The van der Waals surface area contributed by atoms with Gasteiger partial charge in [0.15, 0.2) is 0 Å². The van der Waals surface area contributed by atoms with Crippen molar-refractivity contribution in [3.63, 3.8) is 0 Å². The second kappa shape index (κ2) is 7.39. The van der Waals surface area contributed by atoms with Gasteiger partial charge in [0.1, 0.15) is 0 Å². The minimum atomic E-state index is 0.590. The maximum absolute atomic E-state index is 6.27. The Morgan fingerprint density at radius 3 is 2.95 bits per heavy atom. The van der Waals surface area contributed by atoms with Gasteiger partial charge >= 0.3 is 0 Å². The van der Waals surface area contributed by atoms with Crippen LogP contribution in [0.5, 0.6) is 0 Å². The van der Waals surface area contributed by atoms with Crippen molar-refractivity contribution in [1.29, 1.82) is 0 Å². The topological polar surface area (TPSA) is 28.2 Å². The van der Waals surface area contributed by atoms with Gasteiger partial charge in [0.05, 0.1) is 5.02 Å². The third-order valence-corrected chi connectivity index (χ3v) is 4.90. The maximum atomic E-state index is 6.27. The number of rotatable bonds is 5. The minimum absolute atomic E-state index is 0.590. The Bertz CT molecular complexity index is 424. The van der Waals surface area contributed by atoms with Crippen molar-refractivity contribution < 1.29 is 0 Å². The summed E-state index contributed by atoms with van der Waals surface area (Å²) in [6.07, 6.45) is 5.96. The molecule has 20 heavy (non-hydrogen) atoms. The van der Waals surface area contributed by atoms with Crippen molar-refractivity contribution in [3.8, 4) is 0 Å². The van der Waals surface area contributed by atoms with Crippen molar-refractivity contribution >= 4 is 11.6 Å². The third-order valence-electron chi connectivity index (χ3n) is 4.56. The molecule has 1 aliphatic heterocycles. The first-order valence-electron chi connectivity index (χ1n) is 7.71. The van der Waals surface area contributed by atoms with E-state index in [4.69, 9.17) is 11.6 Å². The highest BCUT2D eigenvalue weighted by Crippen LogP contribution is 2.23. The second-order valence-corrected chi connectivity index (χ2v) is 6.27. The number of aromatic nitrogens is 1. The first kappa shape index (κ1) is 15.7. The highest BCUT2D eigenvalue weighted by molar-refractivity contribution is 6.31. The zero-order chi connectivity index (χ0) is 14.5. The quantitative estimate of drug-likeness (QED) is 0.903. The minimum Gasteiger partial charge on any atom is -0.311 e. The summed E-state index contributed by atoms with van der Waals surface area (Å²) < 4.78 is 0. The standard InChI is InChI=1S/C16H26ClN3/c1-4-12(3)16-9-19-14(5-2)11-20(16)10-13-6-7-18-8-15(13)17/h6-8,12,14,16,19H,4-5,9-11H2,1-3H3. The molecule has 0 bridgehead atoms. The van der Waals surface area contributed by atoms with E-state index >= 15 is 0 Å². The number of pyridine rings is 1. The second-order valence-electron chi connectivity index (χ2n) is 5.86. The molecule has 0 spiro atoms. The van der Waals surface area contributed by atoms with Crippen LogP contribution in [0.15, 0.2) is 18.5 Å². The summed E-state index contributed by atoms with van der Waals surface area (Å²) in [7, 11) is 0. The first-order valence-corrected chi connectivity index (χ1v) is 8.09. The lowest BCUT2D eigenvalue weighted by Gasteiger charge is -2.43. The molecule has 3 atom stereocenters. The molecule has 0 aliphatic carbocycles. The summed E-state index contributed by atoms with van der Waals surface area (Å²) in [5.41, 5.74) is 1.19. The fourth-order valence-corrected chi connectivity index (χ4v) is 3.12. The van der Waals surface area contributed by atoms with E-state index in [9.17, 15) is 0 Å². The summed E-state index contributed by atoms with van der Waals surface area (Å²) in [5.74, 6) is 0.695. The van der Waals surface area contributed by atoms with E-state index in [0.29, 0.717) is 18.0 Å². The molecular formula is C16H26ClN3. The molecule has 1 fully saturated rings. The highest BCUT2D eigenvalue weighted by atomic mass is 35.5. The van der Waals surface area contributed by atoms with Gasteiger partial charge in [-0.15, -0.1) is 0 Å². The highest BCUT2D eigenvalue weighted by Gasteiger charge is 2.30. The van der Waals surface area contributed by atoms with Gasteiger partial charge in [0, 0.05) is 44.1 Å². The van der Waals surface area contributed by atoms with E-state index in [2.05, 4.69) is 36.0 Å². The molecule has 0 amide bonds. The van der Waals surface area contributed by atoms with E-state index in [-0.39, 0.29) is 0 Å². The smallest absolute Gasteiger partial charge is 0.0634 e. The molecular weight excluding hydrogens is 270 g/mol. The monoisotopic (exact) mass is 295 g/mol. The van der Waals surface area contributed by atoms with Gasteiger partial charge in [0.25, 0.3) is 0 Å². The van der Waals surface area contributed by atoms with Gasteiger partial charge in [-0.1, -0.05) is 38.8 Å². The lowest BCUT2D eigenvalue weighted by atomic mass is 9.93. The van der Waals surface area contributed by atoms with Crippen molar-refractivity contribution in [2.75, 3.05) is 13.1 Å². The summed E-state index contributed by atoms with van der Waals surface area (Å²) in [5, 5.41) is 4.46. The van der Waals surface area contributed by atoms with E-state index in [1.807, 2.05) is 12.3 Å². The number of hydrogen-bond donors (Lipinski definition) is 1. The molecule has 3 nitrogen and oxygen atoms in total. The molecule has 0 aromatic carbocycles. The van der Waals surface area contributed by atoms with E-state index in [1.54, 1.807) is 6.20 Å². The number of nitrogens with zero attached hydrogens (tertiary/aromatic N) is 2. The maximum Gasteiger partial charge on any atom is 0.0634 e. The molecule has 1 aliphatic rings. The van der Waals surface area contributed by atoms with Crippen molar-refractivity contribution in [2.24, 2.45) is 5.92 Å². The molecule has 2 rings (SSSR count). The molecule has 0 saturated carbocycles. The van der Waals surface area contributed by atoms with Gasteiger partial charge in [-0.2, -0.15) is 0 Å². The average Bonchev–Trinajstić information content (AvgIpc) is 2.48. The van der Waals surface area contributed by atoms with Crippen LogP contribution in [0.25, 0.3) is 0 Å². The fraction of sp³-hybridized carbons (Fsp3) is 0.688. The van der Waals surface area contributed by atoms with Crippen molar-refractivity contribution in [2.45, 2.75) is 52.2 Å². The van der Waals surface area contributed by atoms with Crippen LogP contribution < -0.4 is 5.32 Å². The Balaban J connectivity index is 2.12. The molecule has 0 radical (unpaired) electrons. The summed E-state index contributed by atoms with van der Waals surface area (Å²) >= 11 is 6.27. The number of hydrogen-bond acceptors (Lipinski definition) is 3. The lowest BCUT2D eigenvalue weighted by Crippen LogP contribution is -2.57. The third kappa shape index (κ3) is 3.72. The lowest BCUT2D eigenvalue weighted by molar-refractivity contribution is 0.0833. The van der Waals surface area contributed by atoms with Crippen molar-refractivity contribution in [1.82, 2.24) is 15.2 Å². The van der Waals surface area contributed by atoms with Crippen LogP contribution >= 0.6 is 11.6 Å². The van der Waals surface area contributed by atoms with E-state index < -0.39 is 0 Å². The van der Waals surface area contributed by atoms with Crippen LogP contribution in [0.4, 0.5) is 0 Å². The molecule has 3 unspecified atom stereocenters. The van der Waals surface area contributed by atoms with Gasteiger partial charge in [-0.25, -0.2) is 0 Å². The molecule has 2 heterocycles. The Labute approximate surface area is 127 Å².